The second-order valence-corrected chi connectivity index (χ2v) is 7.03. The minimum absolute atomic E-state index is 0.0645. The van der Waals surface area contributed by atoms with E-state index in [0.29, 0.717) is 30.0 Å². The molecule has 1 N–H and O–H groups in total. The second kappa shape index (κ2) is 5.95. The summed E-state index contributed by atoms with van der Waals surface area (Å²) in [6, 6.07) is 5.85. The van der Waals surface area contributed by atoms with Crippen LogP contribution in [0.4, 0.5) is 4.39 Å². The van der Waals surface area contributed by atoms with E-state index in [-0.39, 0.29) is 10.8 Å². The number of fused-ring (bicyclic) bond motifs is 2. The third kappa shape index (κ3) is 2.64. The first kappa shape index (κ1) is 15.7. The maximum atomic E-state index is 13.3. The molecule has 5 nitrogen and oxygen atoms in total. The number of ether oxygens (including phenoxy) is 2. The molecule has 2 saturated heterocycles. The maximum absolute atomic E-state index is 13.3. The average Bonchev–Trinajstić information content (AvgIpc) is 3.05. The second-order valence-electron chi connectivity index (χ2n) is 7.03. The van der Waals surface area contributed by atoms with Gasteiger partial charge in [0.05, 0.1) is 19.8 Å². The summed E-state index contributed by atoms with van der Waals surface area (Å²) < 4.78 is 24.4. The number of pyridine rings is 1. The molecular weight excluding hydrogens is 311 g/mol. The van der Waals surface area contributed by atoms with Gasteiger partial charge in [-0.05, 0) is 18.2 Å². The molecule has 2 atom stereocenters. The number of rotatable bonds is 4. The van der Waals surface area contributed by atoms with Crippen LogP contribution in [-0.2, 0) is 16.0 Å². The zero-order valence-corrected chi connectivity index (χ0v) is 13.7. The van der Waals surface area contributed by atoms with Crippen molar-refractivity contribution in [2.75, 3.05) is 40.0 Å². The van der Waals surface area contributed by atoms with Crippen molar-refractivity contribution in [2.24, 2.45) is 11.3 Å². The molecule has 2 aliphatic rings. The van der Waals surface area contributed by atoms with E-state index in [2.05, 4.69) is 9.88 Å². The van der Waals surface area contributed by atoms with Gasteiger partial charge in [0.15, 0.2) is 5.43 Å². The number of aromatic amines is 1. The van der Waals surface area contributed by atoms with Gasteiger partial charge >= 0.3 is 0 Å². The average molecular weight is 332 g/mol. The topological polar surface area (TPSA) is 54.6 Å². The van der Waals surface area contributed by atoms with Crippen molar-refractivity contribution < 1.29 is 13.9 Å². The zero-order valence-electron chi connectivity index (χ0n) is 13.7. The van der Waals surface area contributed by atoms with Gasteiger partial charge in [-0.2, -0.15) is 0 Å². The lowest BCUT2D eigenvalue weighted by Crippen LogP contribution is -2.35. The van der Waals surface area contributed by atoms with Crippen LogP contribution in [-0.4, -0.2) is 49.9 Å². The molecule has 0 radical (unpaired) electrons. The summed E-state index contributed by atoms with van der Waals surface area (Å²) in [5.41, 5.74) is 1.45. The molecule has 0 amide bonds. The SMILES string of the molecule is COC[C@@]12COC[C@@H]1CN(Cc1cc(=O)c3cc(F)ccc3[nH]1)C2. The molecule has 24 heavy (non-hydrogen) atoms. The smallest absolute Gasteiger partial charge is 0.189 e. The van der Waals surface area contributed by atoms with Crippen LogP contribution in [0.1, 0.15) is 5.69 Å². The predicted molar refractivity (Wildman–Crippen MR) is 88.4 cm³/mol. The predicted octanol–water partition coefficient (Wildman–Crippen LogP) is 1.76. The fourth-order valence-corrected chi connectivity index (χ4v) is 4.16. The van der Waals surface area contributed by atoms with Crippen molar-refractivity contribution in [3.05, 3.63) is 46.0 Å². The molecule has 2 fully saturated rings. The minimum Gasteiger partial charge on any atom is -0.384 e. The van der Waals surface area contributed by atoms with Crippen LogP contribution in [0.25, 0.3) is 10.9 Å². The molecule has 1 aromatic carbocycles. The van der Waals surface area contributed by atoms with Gasteiger partial charge in [-0.15, -0.1) is 0 Å². The van der Waals surface area contributed by atoms with E-state index in [9.17, 15) is 9.18 Å². The van der Waals surface area contributed by atoms with Gasteiger partial charge in [-0.3, -0.25) is 9.69 Å². The standard InChI is InChI=1S/C18H21FN2O3/c1-23-10-18-9-21(6-12(18)8-24-11-18)7-14-5-17(22)15-4-13(19)2-3-16(15)20-14/h2-5,12H,6-11H2,1H3,(H,20,22)/t12-,18-/m0/s1. The van der Waals surface area contributed by atoms with E-state index in [1.807, 2.05) is 0 Å². The maximum Gasteiger partial charge on any atom is 0.189 e. The van der Waals surface area contributed by atoms with Crippen molar-refractivity contribution in [3.8, 4) is 0 Å². The molecule has 0 unspecified atom stereocenters. The van der Waals surface area contributed by atoms with Crippen LogP contribution in [0.2, 0.25) is 0 Å². The molecule has 2 aromatic rings. The molecule has 0 aliphatic carbocycles. The Morgan fingerprint density at radius 1 is 1.46 bits per heavy atom. The highest BCUT2D eigenvalue weighted by molar-refractivity contribution is 5.78. The number of H-pyrrole nitrogens is 1. The lowest BCUT2D eigenvalue weighted by Gasteiger charge is -2.26. The molecule has 1 aromatic heterocycles. The van der Waals surface area contributed by atoms with E-state index < -0.39 is 5.82 Å². The first-order valence-corrected chi connectivity index (χ1v) is 8.20. The summed E-state index contributed by atoms with van der Waals surface area (Å²) in [6.45, 7) is 4.71. The number of aromatic nitrogens is 1. The number of likely N-dealkylation sites (tertiary alicyclic amines) is 1. The Labute approximate surface area is 139 Å². The summed E-state index contributed by atoms with van der Waals surface area (Å²) in [5, 5.41) is 0.390. The van der Waals surface area contributed by atoms with E-state index in [1.165, 1.54) is 12.1 Å². The lowest BCUT2D eigenvalue weighted by atomic mass is 9.82. The highest BCUT2D eigenvalue weighted by Gasteiger charge is 2.50. The third-order valence-corrected chi connectivity index (χ3v) is 5.27. The molecule has 3 heterocycles. The number of methoxy groups -OCH3 is 1. The number of hydrogen-bond acceptors (Lipinski definition) is 4. The van der Waals surface area contributed by atoms with Gasteiger partial charge < -0.3 is 14.5 Å². The van der Waals surface area contributed by atoms with E-state index in [1.54, 1.807) is 19.2 Å². The Bertz CT molecular complexity index is 822. The first-order chi connectivity index (χ1) is 11.6. The summed E-state index contributed by atoms with van der Waals surface area (Å²) in [7, 11) is 1.73. The minimum atomic E-state index is -0.394. The number of benzene rings is 1. The molecular formula is C18H21FN2O3. The number of halogens is 1. The monoisotopic (exact) mass is 332 g/mol. The summed E-state index contributed by atoms with van der Waals surface area (Å²) in [4.78, 5) is 17.8. The lowest BCUT2D eigenvalue weighted by molar-refractivity contribution is 0.0532. The molecule has 2 aliphatic heterocycles. The number of nitrogens with one attached hydrogen (secondary N) is 1. The molecule has 4 rings (SSSR count). The fraction of sp³-hybridized carbons (Fsp3) is 0.500. The van der Waals surface area contributed by atoms with Gasteiger partial charge in [-0.25, -0.2) is 4.39 Å². The van der Waals surface area contributed by atoms with Crippen LogP contribution < -0.4 is 5.43 Å². The van der Waals surface area contributed by atoms with E-state index in [0.717, 1.165) is 32.0 Å². The van der Waals surface area contributed by atoms with Gasteiger partial charge in [0, 0.05) is 60.7 Å². The van der Waals surface area contributed by atoms with Gasteiger partial charge in [-0.1, -0.05) is 0 Å². The summed E-state index contributed by atoms with van der Waals surface area (Å²) >= 11 is 0. The Balaban J connectivity index is 1.57. The van der Waals surface area contributed by atoms with Crippen molar-refractivity contribution >= 4 is 10.9 Å². The molecule has 0 saturated carbocycles. The summed E-state index contributed by atoms with van der Waals surface area (Å²) in [6.07, 6.45) is 0. The van der Waals surface area contributed by atoms with Crippen LogP contribution in [0.15, 0.2) is 29.1 Å². The number of nitrogens with zero attached hydrogens (tertiary/aromatic N) is 1. The Hall–Kier alpha value is -1.76. The number of hydrogen-bond donors (Lipinski definition) is 1. The van der Waals surface area contributed by atoms with Gasteiger partial charge in [0.2, 0.25) is 0 Å². The molecule has 128 valence electrons. The van der Waals surface area contributed by atoms with Crippen molar-refractivity contribution in [1.29, 1.82) is 0 Å². The van der Waals surface area contributed by atoms with Gasteiger partial charge in [0.1, 0.15) is 5.82 Å². The summed E-state index contributed by atoms with van der Waals surface area (Å²) in [5.74, 6) is 0.0772. The Kier molecular flexibility index (Phi) is 3.90. The zero-order chi connectivity index (χ0) is 16.7. The molecule has 6 heteroatoms. The van der Waals surface area contributed by atoms with Crippen LogP contribution in [0.5, 0.6) is 0 Å². The first-order valence-electron chi connectivity index (χ1n) is 8.20. The molecule has 0 bridgehead atoms. The van der Waals surface area contributed by atoms with Crippen molar-refractivity contribution in [3.63, 3.8) is 0 Å². The highest BCUT2D eigenvalue weighted by atomic mass is 19.1. The van der Waals surface area contributed by atoms with Crippen LogP contribution >= 0.6 is 0 Å². The van der Waals surface area contributed by atoms with E-state index in [4.69, 9.17) is 9.47 Å². The van der Waals surface area contributed by atoms with Crippen molar-refractivity contribution in [2.45, 2.75) is 6.54 Å². The molecule has 0 spiro atoms. The normalized spacial score (nSPS) is 27.0. The van der Waals surface area contributed by atoms with Crippen LogP contribution in [0.3, 0.4) is 0 Å². The fourth-order valence-electron chi connectivity index (χ4n) is 4.16. The quantitative estimate of drug-likeness (QED) is 0.927. The van der Waals surface area contributed by atoms with Gasteiger partial charge in [0.25, 0.3) is 0 Å². The van der Waals surface area contributed by atoms with Crippen molar-refractivity contribution in [1.82, 2.24) is 9.88 Å². The van der Waals surface area contributed by atoms with Crippen LogP contribution in [0, 0.1) is 17.2 Å². The Morgan fingerprint density at radius 3 is 3.17 bits per heavy atom. The largest absolute Gasteiger partial charge is 0.384 e. The highest BCUT2D eigenvalue weighted by Crippen LogP contribution is 2.41. The van der Waals surface area contributed by atoms with E-state index >= 15 is 0 Å². The third-order valence-electron chi connectivity index (χ3n) is 5.27. The Morgan fingerprint density at radius 2 is 2.33 bits per heavy atom.